The highest BCUT2D eigenvalue weighted by molar-refractivity contribution is 8.14. The van der Waals surface area contributed by atoms with Gasteiger partial charge in [0.05, 0.1) is 5.69 Å². The van der Waals surface area contributed by atoms with Crippen LogP contribution in [0.5, 0.6) is 0 Å². The Morgan fingerprint density at radius 1 is 1.20 bits per heavy atom. The smallest absolute Gasteiger partial charge is 0.266 e. The number of nitrogens with zero attached hydrogens (tertiary/aromatic N) is 2. The van der Waals surface area contributed by atoms with Crippen LogP contribution in [-0.4, -0.2) is 16.8 Å². The normalized spacial score (nSPS) is 15.6. The molecule has 0 saturated heterocycles. The van der Waals surface area contributed by atoms with E-state index in [1.54, 1.807) is 18.2 Å². The highest BCUT2D eigenvalue weighted by Gasteiger charge is 2.31. The van der Waals surface area contributed by atoms with Crippen molar-refractivity contribution < 1.29 is 9.18 Å². The standard InChI is InChI=1S/C19H14ClFN2OS/c1-13(20)12-25-19-22-17(11-14-5-3-2-4-6-14)18(24)23(19)16-9-7-15(21)8-10-16/h2-11H,1,12H2/b17-11+. The summed E-state index contributed by atoms with van der Waals surface area (Å²) in [4.78, 5) is 18.7. The lowest BCUT2D eigenvalue weighted by Gasteiger charge is -2.17. The molecule has 2 aromatic rings. The monoisotopic (exact) mass is 372 g/mol. The maximum absolute atomic E-state index is 13.2. The zero-order chi connectivity index (χ0) is 17.8. The van der Waals surface area contributed by atoms with Crippen LogP contribution in [0, 0.1) is 5.82 Å². The van der Waals surface area contributed by atoms with E-state index in [2.05, 4.69) is 11.6 Å². The van der Waals surface area contributed by atoms with Gasteiger partial charge in [0.1, 0.15) is 11.5 Å². The van der Waals surface area contributed by atoms with Crippen LogP contribution in [0.25, 0.3) is 6.08 Å². The number of rotatable bonds is 4. The summed E-state index contributed by atoms with van der Waals surface area (Å²) in [5, 5.41) is 0.945. The lowest BCUT2D eigenvalue weighted by Crippen LogP contribution is -2.30. The first kappa shape index (κ1) is 17.5. The van der Waals surface area contributed by atoms with Crippen molar-refractivity contribution in [3.05, 3.63) is 83.3 Å². The van der Waals surface area contributed by atoms with Gasteiger partial charge in [-0.1, -0.05) is 60.3 Å². The fourth-order valence-electron chi connectivity index (χ4n) is 2.26. The van der Waals surface area contributed by atoms with E-state index in [9.17, 15) is 9.18 Å². The van der Waals surface area contributed by atoms with Gasteiger partial charge >= 0.3 is 0 Å². The molecule has 0 radical (unpaired) electrons. The molecule has 0 unspecified atom stereocenters. The molecule has 0 saturated carbocycles. The molecule has 1 aliphatic heterocycles. The average molecular weight is 373 g/mol. The van der Waals surface area contributed by atoms with Gasteiger partial charge in [-0.05, 0) is 35.9 Å². The van der Waals surface area contributed by atoms with Crippen molar-refractivity contribution in [3.8, 4) is 0 Å². The Morgan fingerprint density at radius 3 is 2.52 bits per heavy atom. The van der Waals surface area contributed by atoms with Crippen molar-refractivity contribution in [2.75, 3.05) is 10.7 Å². The zero-order valence-electron chi connectivity index (χ0n) is 13.2. The molecule has 1 heterocycles. The number of amidine groups is 1. The van der Waals surface area contributed by atoms with Crippen LogP contribution in [-0.2, 0) is 4.79 Å². The SMILES string of the molecule is C=C(Cl)CSC1=N/C(=C/c2ccccc2)C(=O)N1c1ccc(F)cc1. The van der Waals surface area contributed by atoms with Crippen LogP contribution in [0.15, 0.2) is 76.9 Å². The van der Waals surface area contributed by atoms with Crippen molar-refractivity contribution in [2.45, 2.75) is 0 Å². The fraction of sp³-hybridized carbons (Fsp3) is 0.0526. The van der Waals surface area contributed by atoms with Crippen LogP contribution in [0.4, 0.5) is 10.1 Å². The van der Waals surface area contributed by atoms with Gasteiger partial charge in [0, 0.05) is 10.8 Å². The van der Waals surface area contributed by atoms with Gasteiger partial charge in [-0.2, -0.15) is 0 Å². The molecule has 3 nitrogen and oxygen atoms in total. The number of thioether (sulfide) groups is 1. The predicted molar refractivity (Wildman–Crippen MR) is 103 cm³/mol. The first-order valence-corrected chi connectivity index (χ1v) is 8.82. The molecule has 1 amide bonds. The Bertz CT molecular complexity index is 863. The Morgan fingerprint density at radius 2 is 1.88 bits per heavy atom. The average Bonchev–Trinajstić information content (AvgIpc) is 2.91. The zero-order valence-corrected chi connectivity index (χ0v) is 14.7. The van der Waals surface area contributed by atoms with Gasteiger partial charge in [-0.15, -0.1) is 0 Å². The Balaban J connectivity index is 1.97. The van der Waals surface area contributed by atoms with E-state index < -0.39 is 0 Å². The number of hydrogen-bond acceptors (Lipinski definition) is 3. The third-order valence-electron chi connectivity index (χ3n) is 3.38. The number of hydrogen-bond donors (Lipinski definition) is 0. The Hall–Kier alpha value is -2.37. The van der Waals surface area contributed by atoms with Gasteiger partial charge < -0.3 is 0 Å². The first-order chi connectivity index (χ1) is 12.0. The summed E-state index contributed by atoms with van der Waals surface area (Å²) in [6, 6.07) is 15.2. The molecule has 2 aromatic carbocycles. The summed E-state index contributed by atoms with van der Waals surface area (Å²) >= 11 is 7.14. The minimum Gasteiger partial charge on any atom is -0.266 e. The molecule has 6 heteroatoms. The van der Waals surface area contributed by atoms with Crippen molar-refractivity contribution >= 4 is 46.2 Å². The number of halogens is 2. The number of aliphatic imine (C=N–C) groups is 1. The van der Waals surface area contributed by atoms with Crippen LogP contribution in [0.1, 0.15) is 5.56 Å². The second kappa shape index (κ2) is 7.68. The van der Waals surface area contributed by atoms with E-state index in [1.165, 1.54) is 28.8 Å². The van der Waals surface area contributed by atoms with E-state index in [0.29, 0.717) is 27.3 Å². The van der Waals surface area contributed by atoms with Gasteiger partial charge in [-0.25, -0.2) is 9.38 Å². The van der Waals surface area contributed by atoms with Crippen LogP contribution in [0.3, 0.4) is 0 Å². The molecular weight excluding hydrogens is 359 g/mol. The predicted octanol–water partition coefficient (Wildman–Crippen LogP) is 5.06. The quantitative estimate of drug-likeness (QED) is 0.703. The molecular formula is C19H14ClFN2OS. The maximum atomic E-state index is 13.2. The van der Waals surface area contributed by atoms with E-state index in [0.717, 1.165) is 5.56 Å². The maximum Gasteiger partial charge on any atom is 0.283 e. The molecule has 0 atom stereocenters. The van der Waals surface area contributed by atoms with Crippen molar-refractivity contribution in [2.24, 2.45) is 4.99 Å². The highest BCUT2D eigenvalue weighted by Crippen LogP contribution is 2.30. The second-order valence-electron chi connectivity index (χ2n) is 5.26. The number of benzene rings is 2. The third-order valence-corrected chi connectivity index (χ3v) is 4.69. The largest absolute Gasteiger partial charge is 0.283 e. The molecule has 0 aliphatic carbocycles. The summed E-state index contributed by atoms with van der Waals surface area (Å²) in [5.41, 5.74) is 1.74. The number of anilines is 1. The molecule has 0 spiro atoms. The van der Waals surface area contributed by atoms with Gasteiger partial charge in [-0.3, -0.25) is 9.69 Å². The van der Waals surface area contributed by atoms with E-state index in [-0.39, 0.29) is 11.7 Å². The highest BCUT2D eigenvalue weighted by atomic mass is 35.5. The van der Waals surface area contributed by atoms with E-state index in [1.807, 2.05) is 30.3 Å². The Labute approximate surface area is 154 Å². The van der Waals surface area contributed by atoms with E-state index >= 15 is 0 Å². The first-order valence-electron chi connectivity index (χ1n) is 7.46. The topological polar surface area (TPSA) is 32.7 Å². The minimum atomic E-state index is -0.365. The van der Waals surface area contributed by atoms with Crippen LogP contribution < -0.4 is 4.90 Å². The molecule has 3 rings (SSSR count). The second-order valence-corrected chi connectivity index (χ2v) is 6.73. The third kappa shape index (κ3) is 4.18. The molecule has 0 fully saturated rings. The van der Waals surface area contributed by atoms with Gasteiger partial charge in [0.25, 0.3) is 5.91 Å². The molecule has 126 valence electrons. The Kier molecular flexibility index (Phi) is 5.36. The molecule has 0 bridgehead atoms. The summed E-state index contributed by atoms with van der Waals surface area (Å²) < 4.78 is 13.2. The van der Waals surface area contributed by atoms with Crippen LogP contribution in [0.2, 0.25) is 0 Å². The minimum absolute atomic E-state index is 0.266. The molecule has 0 N–H and O–H groups in total. The van der Waals surface area contributed by atoms with Crippen molar-refractivity contribution in [3.63, 3.8) is 0 Å². The molecule has 0 aromatic heterocycles. The van der Waals surface area contributed by atoms with E-state index in [4.69, 9.17) is 11.6 Å². The summed E-state index contributed by atoms with van der Waals surface area (Å²) in [7, 11) is 0. The summed E-state index contributed by atoms with van der Waals surface area (Å²) in [6.07, 6.45) is 1.72. The van der Waals surface area contributed by atoms with Crippen molar-refractivity contribution in [1.82, 2.24) is 0 Å². The molecule has 25 heavy (non-hydrogen) atoms. The van der Waals surface area contributed by atoms with Gasteiger partial charge in [0.15, 0.2) is 5.17 Å². The fourth-order valence-corrected chi connectivity index (χ4v) is 3.19. The summed E-state index contributed by atoms with van der Waals surface area (Å²) in [5.74, 6) is -0.210. The number of carbonyl (C=O) groups excluding carboxylic acids is 1. The lowest BCUT2D eigenvalue weighted by molar-refractivity contribution is -0.113. The number of carbonyl (C=O) groups is 1. The van der Waals surface area contributed by atoms with Crippen LogP contribution >= 0.6 is 23.4 Å². The summed E-state index contributed by atoms with van der Waals surface area (Å²) in [6.45, 7) is 3.65. The number of amides is 1. The van der Waals surface area contributed by atoms with Crippen molar-refractivity contribution in [1.29, 1.82) is 0 Å². The molecule has 1 aliphatic rings. The lowest BCUT2D eigenvalue weighted by atomic mass is 10.2. The van der Waals surface area contributed by atoms with Gasteiger partial charge in [0.2, 0.25) is 0 Å².